The average molecular weight is 349 g/mol. The molecule has 0 unspecified atom stereocenters. The third-order valence-corrected chi connectivity index (χ3v) is 4.55. The molecule has 0 aliphatic carbocycles. The number of carbonyl (C=O) groups is 1. The molecule has 2 atom stereocenters. The number of benzene rings is 1. The van der Waals surface area contributed by atoms with E-state index in [4.69, 9.17) is 0 Å². The maximum absolute atomic E-state index is 13.8. The molecule has 3 rings (SSSR count). The number of likely N-dealkylation sites (tertiary alicyclic amines) is 1. The minimum Gasteiger partial charge on any atom is -0.337 e. The third kappa shape index (κ3) is 4.12. The lowest BCUT2D eigenvalue weighted by Gasteiger charge is -2.32. The molecule has 1 aliphatic rings. The number of carbonyl (C=O) groups excluding carboxylic acids is 1. The lowest BCUT2D eigenvalue weighted by Crippen LogP contribution is -2.46. The molecule has 1 aliphatic heterocycles. The van der Waals surface area contributed by atoms with Gasteiger partial charge in [-0.1, -0.05) is 13.0 Å². The van der Waals surface area contributed by atoms with Crippen molar-refractivity contribution >= 4 is 6.03 Å². The molecule has 25 heavy (non-hydrogen) atoms. The third-order valence-electron chi connectivity index (χ3n) is 4.55. The van der Waals surface area contributed by atoms with Crippen LogP contribution in [0.1, 0.15) is 37.3 Å². The molecule has 1 fully saturated rings. The number of halogens is 2. The molecule has 1 N–H and O–H groups in total. The van der Waals surface area contributed by atoms with Crippen LogP contribution in [0, 0.1) is 11.6 Å². The van der Waals surface area contributed by atoms with Crippen LogP contribution in [0.5, 0.6) is 0 Å². The van der Waals surface area contributed by atoms with E-state index in [1.54, 1.807) is 22.8 Å². The molecule has 0 bridgehead atoms. The van der Waals surface area contributed by atoms with Crippen molar-refractivity contribution in [2.75, 3.05) is 19.6 Å². The topological polar surface area (TPSA) is 63.1 Å². The summed E-state index contributed by atoms with van der Waals surface area (Å²) in [5.41, 5.74) is 0.390. The highest BCUT2D eigenvalue weighted by Gasteiger charge is 2.25. The first-order valence-corrected chi connectivity index (χ1v) is 8.36. The highest BCUT2D eigenvalue weighted by molar-refractivity contribution is 5.74. The molecule has 2 heterocycles. The van der Waals surface area contributed by atoms with E-state index in [1.807, 2.05) is 0 Å². The van der Waals surface area contributed by atoms with Crippen LogP contribution < -0.4 is 5.32 Å². The summed E-state index contributed by atoms with van der Waals surface area (Å²) in [5, 5.41) is 6.98. The first-order chi connectivity index (χ1) is 12.0. The number of nitrogens with one attached hydrogen (secondary N) is 1. The van der Waals surface area contributed by atoms with Gasteiger partial charge in [-0.25, -0.2) is 23.2 Å². The Balaban J connectivity index is 1.55. The van der Waals surface area contributed by atoms with Crippen molar-refractivity contribution in [3.63, 3.8) is 0 Å². The summed E-state index contributed by atoms with van der Waals surface area (Å²) < 4.78 is 28.6. The summed E-state index contributed by atoms with van der Waals surface area (Å²) >= 11 is 0. The van der Waals surface area contributed by atoms with Gasteiger partial charge in [0, 0.05) is 31.6 Å². The van der Waals surface area contributed by atoms with Gasteiger partial charge < -0.3 is 10.2 Å². The zero-order valence-electron chi connectivity index (χ0n) is 14.0. The number of piperidine rings is 1. The van der Waals surface area contributed by atoms with Gasteiger partial charge in [0.25, 0.3) is 0 Å². The summed E-state index contributed by atoms with van der Waals surface area (Å²) in [7, 11) is 0. The minimum atomic E-state index is -0.607. The van der Waals surface area contributed by atoms with Crippen molar-refractivity contribution in [2.45, 2.75) is 31.7 Å². The van der Waals surface area contributed by atoms with Crippen LogP contribution in [0.4, 0.5) is 13.6 Å². The molecule has 2 amide bonds. The van der Waals surface area contributed by atoms with Crippen LogP contribution in [0.15, 0.2) is 30.9 Å². The Kier molecular flexibility index (Phi) is 5.25. The monoisotopic (exact) mass is 349 g/mol. The van der Waals surface area contributed by atoms with E-state index in [1.165, 1.54) is 18.5 Å². The summed E-state index contributed by atoms with van der Waals surface area (Å²) in [6.45, 7) is 3.32. The SMILES string of the molecule is C[C@@H](CNC(=O)N1CCC[C@H](n2cncn2)C1)c1ccc(F)cc1F. The smallest absolute Gasteiger partial charge is 0.317 e. The summed E-state index contributed by atoms with van der Waals surface area (Å²) in [5.74, 6) is -1.45. The van der Waals surface area contributed by atoms with Crippen molar-refractivity contribution in [2.24, 2.45) is 0 Å². The molecule has 0 saturated carbocycles. The Labute approximate surface area is 144 Å². The number of hydrogen-bond acceptors (Lipinski definition) is 3. The van der Waals surface area contributed by atoms with Crippen LogP contribution in [0.2, 0.25) is 0 Å². The first kappa shape index (κ1) is 17.3. The number of hydrogen-bond donors (Lipinski definition) is 1. The quantitative estimate of drug-likeness (QED) is 0.923. The first-order valence-electron chi connectivity index (χ1n) is 8.36. The molecule has 8 heteroatoms. The van der Waals surface area contributed by atoms with E-state index in [2.05, 4.69) is 15.4 Å². The summed E-state index contributed by atoms with van der Waals surface area (Å²) in [6, 6.07) is 3.45. The number of rotatable bonds is 4. The highest BCUT2D eigenvalue weighted by atomic mass is 19.1. The van der Waals surface area contributed by atoms with Crippen LogP contribution in [0.3, 0.4) is 0 Å². The van der Waals surface area contributed by atoms with Crippen LogP contribution in [0.25, 0.3) is 0 Å². The normalized spacial score (nSPS) is 18.8. The van der Waals surface area contributed by atoms with Gasteiger partial charge in [-0.15, -0.1) is 0 Å². The number of amides is 2. The number of nitrogens with zero attached hydrogens (tertiary/aromatic N) is 4. The molecule has 1 aromatic carbocycles. The van der Waals surface area contributed by atoms with Gasteiger partial charge in [0.05, 0.1) is 6.04 Å². The van der Waals surface area contributed by atoms with Crippen molar-refractivity contribution in [3.05, 3.63) is 48.1 Å². The number of urea groups is 1. The molecular formula is C17H21F2N5O. The van der Waals surface area contributed by atoms with E-state index in [9.17, 15) is 13.6 Å². The second kappa shape index (κ2) is 7.58. The van der Waals surface area contributed by atoms with Gasteiger partial charge in [0.2, 0.25) is 0 Å². The second-order valence-electron chi connectivity index (χ2n) is 6.37. The van der Waals surface area contributed by atoms with Gasteiger partial charge in [-0.2, -0.15) is 5.10 Å². The fourth-order valence-electron chi connectivity index (χ4n) is 3.12. The van der Waals surface area contributed by atoms with Crippen molar-refractivity contribution in [3.8, 4) is 0 Å². The Morgan fingerprint density at radius 1 is 1.44 bits per heavy atom. The fourth-order valence-corrected chi connectivity index (χ4v) is 3.12. The zero-order chi connectivity index (χ0) is 17.8. The second-order valence-corrected chi connectivity index (χ2v) is 6.37. The Morgan fingerprint density at radius 3 is 3.00 bits per heavy atom. The van der Waals surface area contributed by atoms with E-state index in [0.717, 1.165) is 18.9 Å². The minimum absolute atomic E-state index is 0.119. The Morgan fingerprint density at radius 2 is 2.28 bits per heavy atom. The lowest BCUT2D eigenvalue weighted by molar-refractivity contribution is 0.163. The molecule has 6 nitrogen and oxygen atoms in total. The predicted octanol–water partition coefficient (Wildman–Crippen LogP) is 2.71. The van der Waals surface area contributed by atoms with Crippen LogP contribution >= 0.6 is 0 Å². The van der Waals surface area contributed by atoms with Gasteiger partial charge in [-0.3, -0.25) is 0 Å². The Hall–Kier alpha value is -2.51. The summed E-state index contributed by atoms with van der Waals surface area (Å²) in [6.07, 6.45) is 4.98. The van der Waals surface area contributed by atoms with E-state index in [-0.39, 0.29) is 24.5 Å². The molecule has 134 valence electrons. The van der Waals surface area contributed by atoms with Gasteiger partial charge in [0.15, 0.2) is 0 Å². The Bertz CT molecular complexity index is 722. The molecule has 0 radical (unpaired) electrons. The van der Waals surface area contributed by atoms with Gasteiger partial charge in [0.1, 0.15) is 24.3 Å². The molecular weight excluding hydrogens is 328 g/mol. The standard InChI is InChI=1S/C17H21F2N5O/c1-12(15-5-4-13(18)7-16(15)19)8-21-17(25)23-6-2-3-14(9-23)24-11-20-10-22-24/h4-5,7,10-12,14H,2-3,6,8-9H2,1H3,(H,21,25)/t12-,14-/m0/s1. The molecule has 1 saturated heterocycles. The van der Waals surface area contributed by atoms with E-state index >= 15 is 0 Å². The predicted molar refractivity (Wildman–Crippen MR) is 88.0 cm³/mol. The fraction of sp³-hybridized carbons (Fsp3) is 0.471. The van der Waals surface area contributed by atoms with Crippen molar-refractivity contribution in [1.82, 2.24) is 25.0 Å². The van der Waals surface area contributed by atoms with Crippen molar-refractivity contribution in [1.29, 1.82) is 0 Å². The molecule has 1 aromatic heterocycles. The van der Waals surface area contributed by atoms with Crippen molar-refractivity contribution < 1.29 is 13.6 Å². The van der Waals surface area contributed by atoms with E-state index in [0.29, 0.717) is 18.7 Å². The van der Waals surface area contributed by atoms with Crippen LogP contribution in [-0.4, -0.2) is 45.3 Å². The largest absolute Gasteiger partial charge is 0.337 e. The maximum atomic E-state index is 13.8. The van der Waals surface area contributed by atoms with Crippen LogP contribution in [-0.2, 0) is 0 Å². The maximum Gasteiger partial charge on any atom is 0.317 e. The van der Waals surface area contributed by atoms with Gasteiger partial charge in [-0.05, 0) is 24.5 Å². The summed E-state index contributed by atoms with van der Waals surface area (Å²) in [4.78, 5) is 18.1. The highest BCUT2D eigenvalue weighted by Crippen LogP contribution is 2.21. The molecule has 0 spiro atoms. The zero-order valence-corrected chi connectivity index (χ0v) is 14.0. The number of aromatic nitrogens is 3. The van der Waals surface area contributed by atoms with E-state index < -0.39 is 11.6 Å². The van der Waals surface area contributed by atoms with Gasteiger partial charge >= 0.3 is 6.03 Å². The average Bonchev–Trinajstić information content (AvgIpc) is 3.14. The molecule has 2 aromatic rings. The lowest BCUT2D eigenvalue weighted by atomic mass is 10.0.